The highest BCUT2D eigenvalue weighted by molar-refractivity contribution is 7.92. The Balaban J connectivity index is 1.77. The molecule has 8 heteroatoms. The number of sulfone groups is 1. The Morgan fingerprint density at radius 3 is 2.42 bits per heavy atom. The van der Waals surface area contributed by atoms with E-state index in [0.29, 0.717) is 0 Å². The molecule has 0 radical (unpaired) electrons. The molecule has 2 aromatic rings. The van der Waals surface area contributed by atoms with E-state index in [1.54, 1.807) is 24.0 Å². The van der Waals surface area contributed by atoms with Crippen molar-refractivity contribution in [2.75, 3.05) is 18.0 Å². The van der Waals surface area contributed by atoms with E-state index in [0.717, 1.165) is 31.6 Å². The number of aromatic nitrogens is 4. The lowest BCUT2D eigenvalue weighted by molar-refractivity contribution is 0.323. The molecule has 1 aliphatic rings. The summed E-state index contributed by atoms with van der Waals surface area (Å²) in [5.41, 5.74) is 1.04. The fourth-order valence-corrected chi connectivity index (χ4v) is 5.24. The molecule has 1 saturated heterocycles. The van der Waals surface area contributed by atoms with Crippen LogP contribution in [0.5, 0.6) is 0 Å². The largest absolute Gasteiger partial charge is 0.370 e. The number of hydrogen-bond donors (Lipinski definition) is 0. The monoisotopic (exact) mass is 349 g/mol. The van der Waals surface area contributed by atoms with Gasteiger partial charge in [-0.05, 0) is 38.7 Å². The molecular formula is C16H23N5O2S. The number of nitrogens with zero attached hydrogens (tertiary/aromatic N) is 5. The molecule has 0 aliphatic carbocycles. The Morgan fingerprint density at radius 2 is 1.88 bits per heavy atom. The van der Waals surface area contributed by atoms with Gasteiger partial charge in [0.2, 0.25) is 9.84 Å². The van der Waals surface area contributed by atoms with Crippen molar-refractivity contribution in [2.45, 2.75) is 36.5 Å². The minimum atomic E-state index is -3.45. The van der Waals surface area contributed by atoms with Crippen LogP contribution in [0.25, 0.3) is 0 Å². The topological polar surface area (TPSA) is 81.0 Å². The molecule has 2 aromatic heterocycles. The average molecular weight is 349 g/mol. The minimum absolute atomic E-state index is 0.100. The lowest BCUT2D eigenvalue weighted by Crippen LogP contribution is -2.46. The maximum absolute atomic E-state index is 13.1. The summed E-state index contributed by atoms with van der Waals surface area (Å²) in [6.45, 7) is 5.31. The van der Waals surface area contributed by atoms with Crippen LogP contribution in [0.15, 0.2) is 36.0 Å². The van der Waals surface area contributed by atoms with Gasteiger partial charge in [0.25, 0.3) is 0 Å². The van der Waals surface area contributed by atoms with E-state index >= 15 is 0 Å². The third-order valence-electron chi connectivity index (χ3n) is 5.15. The lowest BCUT2D eigenvalue weighted by atomic mass is 9.86. The minimum Gasteiger partial charge on any atom is -0.370 e. The van der Waals surface area contributed by atoms with Crippen molar-refractivity contribution < 1.29 is 8.42 Å². The second kappa shape index (κ2) is 6.16. The van der Waals surface area contributed by atoms with E-state index in [1.807, 2.05) is 19.9 Å². The highest BCUT2D eigenvalue weighted by atomic mass is 32.2. The molecule has 24 heavy (non-hydrogen) atoms. The van der Waals surface area contributed by atoms with Crippen molar-refractivity contribution in [1.82, 2.24) is 19.7 Å². The molecule has 130 valence electrons. The number of hydrogen-bond acceptors (Lipinski definition) is 6. The summed E-state index contributed by atoms with van der Waals surface area (Å²) < 4.78 is 26.9. The third-order valence-corrected chi connectivity index (χ3v) is 7.81. The fourth-order valence-electron chi connectivity index (χ4n) is 3.40. The molecule has 0 aromatic carbocycles. The van der Waals surface area contributed by atoms with Crippen LogP contribution in [-0.4, -0.2) is 46.0 Å². The first kappa shape index (κ1) is 16.9. The highest BCUT2D eigenvalue weighted by Gasteiger charge is 2.45. The Labute approximate surface area is 142 Å². The van der Waals surface area contributed by atoms with E-state index < -0.39 is 14.6 Å². The van der Waals surface area contributed by atoms with Crippen molar-refractivity contribution in [3.05, 3.63) is 31.0 Å². The van der Waals surface area contributed by atoms with E-state index in [4.69, 9.17) is 0 Å². The summed E-state index contributed by atoms with van der Waals surface area (Å²) in [6.07, 6.45) is 8.05. The number of imidazole rings is 1. The maximum atomic E-state index is 13.1. The molecule has 0 bridgehead atoms. The Morgan fingerprint density at radius 1 is 1.17 bits per heavy atom. The second-order valence-corrected chi connectivity index (χ2v) is 9.29. The number of piperidine rings is 1. The third kappa shape index (κ3) is 2.79. The average Bonchev–Trinajstić information content (AvgIpc) is 3.02. The zero-order chi connectivity index (χ0) is 17.4. The predicted octanol–water partition coefficient (Wildman–Crippen LogP) is 1.68. The zero-order valence-electron chi connectivity index (χ0n) is 14.3. The quantitative estimate of drug-likeness (QED) is 0.835. The smallest absolute Gasteiger partial charge is 0.200 e. The Hall–Kier alpha value is -1.96. The van der Waals surface area contributed by atoms with Crippen LogP contribution in [0, 0.1) is 5.92 Å². The van der Waals surface area contributed by atoms with Gasteiger partial charge in [-0.1, -0.05) is 0 Å². The first-order valence-electron chi connectivity index (χ1n) is 8.06. The molecule has 1 fully saturated rings. The summed E-state index contributed by atoms with van der Waals surface area (Å²) in [5.74, 6) is 0.100. The van der Waals surface area contributed by atoms with Gasteiger partial charge in [0.05, 0.1) is 35.4 Å². The van der Waals surface area contributed by atoms with E-state index in [2.05, 4.69) is 20.1 Å². The van der Waals surface area contributed by atoms with Gasteiger partial charge >= 0.3 is 0 Å². The first-order valence-corrected chi connectivity index (χ1v) is 9.55. The molecule has 0 unspecified atom stereocenters. The van der Waals surface area contributed by atoms with Gasteiger partial charge in [-0.2, -0.15) is 10.2 Å². The van der Waals surface area contributed by atoms with Crippen LogP contribution in [0.3, 0.4) is 0 Å². The Bertz CT molecular complexity index is 793. The van der Waals surface area contributed by atoms with Crippen LogP contribution < -0.4 is 4.90 Å². The molecule has 0 N–H and O–H groups in total. The Kier molecular flexibility index (Phi) is 4.33. The van der Waals surface area contributed by atoms with Gasteiger partial charge in [-0.15, -0.1) is 0 Å². The summed E-state index contributed by atoms with van der Waals surface area (Å²) in [4.78, 5) is 6.20. The van der Waals surface area contributed by atoms with Crippen molar-refractivity contribution >= 4 is 15.5 Å². The molecule has 0 atom stereocenters. The van der Waals surface area contributed by atoms with Gasteiger partial charge in [-0.25, -0.2) is 13.4 Å². The van der Waals surface area contributed by atoms with Crippen molar-refractivity contribution in [3.8, 4) is 0 Å². The molecular weight excluding hydrogens is 326 g/mol. The van der Waals surface area contributed by atoms with E-state index in [-0.39, 0.29) is 10.9 Å². The summed E-state index contributed by atoms with van der Waals surface area (Å²) in [7, 11) is -1.73. The summed E-state index contributed by atoms with van der Waals surface area (Å²) in [6, 6.07) is 1.94. The van der Waals surface area contributed by atoms with Gasteiger partial charge in [-0.3, -0.25) is 0 Å². The standard InChI is InChI=1S/C16H23N5O2S/c1-16(2,24(22,23)15-11-17-12-20(15)3)13-5-8-21(9-6-13)14-4-7-18-19-10-14/h4,7,10-13H,5-6,8-9H2,1-3H3. The van der Waals surface area contributed by atoms with Crippen molar-refractivity contribution in [3.63, 3.8) is 0 Å². The molecule has 0 amide bonds. The van der Waals surface area contributed by atoms with Gasteiger partial charge in [0.15, 0.2) is 5.03 Å². The first-order chi connectivity index (χ1) is 11.3. The predicted molar refractivity (Wildman–Crippen MR) is 91.4 cm³/mol. The van der Waals surface area contributed by atoms with Gasteiger partial charge < -0.3 is 9.47 Å². The molecule has 7 nitrogen and oxygen atoms in total. The summed E-state index contributed by atoms with van der Waals surface area (Å²) in [5, 5.41) is 8.00. The van der Waals surface area contributed by atoms with E-state index in [1.165, 1.54) is 12.5 Å². The molecule has 3 heterocycles. The van der Waals surface area contributed by atoms with Crippen LogP contribution in [0.2, 0.25) is 0 Å². The molecule has 3 rings (SSSR count). The second-order valence-electron chi connectivity index (χ2n) is 6.81. The van der Waals surface area contributed by atoms with Crippen molar-refractivity contribution in [2.24, 2.45) is 13.0 Å². The lowest BCUT2D eigenvalue weighted by Gasteiger charge is -2.40. The van der Waals surface area contributed by atoms with E-state index in [9.17, 15) is 8.42 Å². The number of anilines is 1. The van der Waals surface area contributed by atoms with Crippen molar-refractivity contribution in [1.29, 1.82) is 0 Å². The normalized spacial score (nSPS) is 17.2. The zero-order valence-corrected chi connectivity index (χ0v) is 15.1. The summed E-state index contributed by atoms with van der Waals surface area (Å²) >= 11 is 0. The number of rotatable bonds is 4. The van der Waals surface area contributed by atoms with Gasteiger partial charge in [0, 0.05) is 20.1 Å². The van der Waals surface area contributed by atoms with Crippen LogP contribution in [-0.2, 0) is 16.9 Å². The van der Waals surface area contributed by atoms with Crippen LogP contribution in [0.4, 0.5) is 5.69 Å². The fraction of sp³-hybridized carbons (Fsp3) is 0.562. The molecule has 0 saturated carbocycles. The van der Waals surface area contributed by atoms with Gasteiger partial charge in [0.1, 0.15) is 0 Å². The maximum Gasteiger partial charge on any atom is 0.200 e. The SMILES string of the molecule is Cn1cncc1S(=O)(=O)C(C)(C)C1CCN(c2ccnnc2)CC1. The molecule has 0 spiro atoms. The van der Waals surface area contributed by atoms with Crippen LogP contribution in [0.1, 0.15) is 26.7 Å². The molecule has 1 aliphatic heterocycles. The number of aryl methyl sites for hydroxylation is 1. The van der Waals surface area contributed by atoms with Crippen LogP contribution >= 0.6 is 0 Å². The highest BCUT2D eigenvalue weighted by Crippen LogP contribution is 2.38.